The van der Waals surface area contributed by atoms with Crippen LogP contribution in [-0.4, -0.2) is 29.2 Å². The third-order valence-electron chi connectivity index (χ3n) is 2.67. The molecule has 20 heavy (non-hydrogen) atoms. The maximum atomic E-state index is 4.45. The van der Waals surface area contributed by atoms with Gasteiger partial charge in [-0.05, 0) is 45.9 Å². The van der Waals surface area contributed by atoms with E-state index >= 15 is 0 Å². The summed E-state index contributed by atoms with van der Waals surface area (Å²) in [6.07, 6.45) is 7.14. The summed E-state index contributed by atoms with van der Waals surface area (Å²) in [5.74, 6) is 0. The molecule has 0 N–H and O–H groups in total. The molecule has 4 aromatic heterocycles. The van der Waals surface area contributed by atoms with E-state index in [-0.39, 0.29) is 0 Å². The normalized spacial score (nSPS) is 11.4. The summed E-state index contributed by atoms with van der Waals surface area (Å²) >= 11 is 0. The van der Waals surface area contributed by atoms with Gasteiger partial charge in [-0.1, -0.05) is 0 Å². The Morgan fingerprint density at radius 2 is 1.20 bits per heavy atom. The summed E-state index contributed by atoms with van der Waals surface area (Å²) < 4.78 is 3.52. The molecule has 0 unspecified atom stereocenters. The standard InChI is InChI=1S/C12H8N6S2/c1-3-11(15-17-7-5-13-9(1)17)19-20-12-4-2-10-14-6-8-18(10)16-12/h1-8H. The van der Waals surface area contributed by atoms with Crippen LogP contribution in [0.2, 0.25) is 0 Å². The molecule has 0 saturated heterocycles. The van der Waals surface area contributed by atoms with E-state index in [0.29, 0.717) is 0 Å². The van der Waals surface area contributed by atoms with Crippen molar-refractivity contribution in [1.82, 2.24) is 29.2 Å². The second-order valence-electron chi connectivity index (χ2n) is 3.97. The van der Waals surface area contributed by atoms with E-state index in [1.54, 1.807) is 43.0 Å². The number of aromatic nitrogens is 6. The second kappa shape index (κ2) is 4.80. The highest BCUT2D eigenvalue weighted by Crippen LogP contribution is 2.34. The molecule has 0 radical (unpaired) electrons. The zero-order valence-corrected chi connectivity index (χ0v) is 11.8. The number of fused-ring (bicyclic) bond motifs is 2. The first-order valence-electron chi connectivity index (χ1n) is 5.84. The highest BCUT2D eigenvalue weighted by molar-refractivity contribution is 8.76. The molecule has 0 saturated carbocycles. The van der Waals surface area contributed by atoms with Gasteiger partial charge in [-0.3, -0.25) is 0 Å². The van der Waals surface area contributed by atoms with E-state index < -0.39 is 0 Å². The molecule has 0 aliphatic rings. The number of hydrogen-bond acceptors (Lipinski definition) is 6. The molecule has 4 rings (SSSR count). The van der Waals surface area contributed by atoms with E-state index in [1.165, 1.54) is 0 Å². The summed E-state index contributed by atoms with van der Waals surface area (Å²) in [6.45, 7) is 0. The minimum absolute atomic E-state index is 0.845. The van der Waals surface area contributed by atoms with Crippen LogP contribution >= 0.6 is 21.6 Å². The zero-order valence-electron chi connectivity index (χ0n) is 10.1. The van der Waals surface area contributed by atoms with Crippen molar-refractivity contribution in [2.45, 2.75) is 10.1 Å². The Bertz CT molecular complexity index is 810. The Labute approximate surface area is 121 Å². The molecule has 0 bridgehead atoms. The maximum Gasteiger partial charge on any atom is 0.153 e. The van der Waals surface area contributed by atoms with E-state index in [0.717, 1.165) is 21.3 Å². The smallest absolute Gasteiger partial charge is 0.153 e. The molecule has 0 fully saturated rings. The second-order valence-corrected chi connectivity index (χ2v) is 6.14. The Morgan fingerprint density at radius 1 is 0.700 bits per heavy atom. The summed E-state index contributed by atoms with van der Waals surface area (Å²) in [4.78, 5) is 8.34. The molecule has 4 heterocycles. The maximum absolute atomic E-state index is 4.45. The van der Waals surface area contributed by atoms with Crippen LogP contribution in [0.4, 0.5) is 0 Å². The van der Waals surface area contributed by atoms with Crippen LogP contribution in [-0.2, 0) is 0 Å². The highest BCUT2D eigenvalue weighted by Gasteiger charge is 2.04. The lowest BCUT2D eigenvalue weighted by atomic mass is 10.6. The van der Waals surface area contributed by atoms with Gasteiger partial charge in [0.25, 0.3) is 0 Å². The Morgan fingerprint density at radius 3 is 1.70 bits per heavy atom. The van der Waals surface area contributed by atoms with Gasteiger partial charge in [-0.15, -0.1) is 0 Å². The molecule has 98 valence electrons. The average Bonchev–Trinajstić information content (AvgIpc) is 3.12. The summed E-state index contributed by atoms with van der Waals surface area (Å²) in [7, 11) is 3.13. The first kappa shape index (κ1) is 11.7. The van der Waals surface area contributed by atoms with Crippen LogP contribution in [0.5, 0.6) is 0 Å². The van der Waals surface area contributed by atoms with Crippen molar-refractivity contribution in [3.63, 3.8) is 0 Å². The van der Waals surface area contributed by atoms with Crippen molar-refractivity contribution in [2.75, 3.05) is 0 Å². The van der Waals surface area contributed by atoms with Crippen LogP contribution in [0.3, 0.4) is 0 Å². The fraction of sp³-hybridized carbons (Fsp3) is 0. The van der Waals surface area contributed by atoms with Crippen molar-refractivity contribution in [3.8, 4) is 0 Å². The lowest BCUT2D eigenvalue weighted by molar-refractivity contribution is 0.858. The van der Waals surface area contributed by atoms with Crippen molar-refractivity contribution >= 4 is 32.9 Å². The van der Waals surface area contributed by atoms with Crippen LogP contribution in [0.25, 0.3) is 11.3 Å². The van der Waals surface area contributed by atoms with Gasteiger partial charge >= 0.3 is 0 Å². The SMILES string of the molecule is c1cn2nc(SSc3ccc4nccn4n3)ccc2n1. The number of rotatable bonds is 3. The molecule has 0 atom stereocenters. The molecule has 8 heteroatoms. The topological polar surface area (TPSA) is 60.4 Å². The van der Waals surface area contributed by atoms with Gasteiger partial charge in [0.2, 0.25) is 0 Å². The number of nitrogens with zero attached hydrogens (tertiary/aromatic N) is 6. The average molecular weight is 300 g/mol. The van der Waals surface area contributed by atoms with E-state index in [9.17, 15) is 0 Å². The van der Waals surface area contributed by atoms with Crippen LogP contribution in [0.15, 0.2) is 59.1 Å². The molecule has 0 aliphatic heterocycles. The summed E-state index contributed by atoms with van der Waals surface area (Å²) in [6, 6.07) is 7.80. The van der Waals surface area contributed by atoms with Crippen molar-refractivity contribution in [1.29, 1.82) is 0 Å². The lowest BCUT2D eigenvalue weighted by Gasteiger charge is -2.01. The molecule has 0 aliphatic carbocycles. The molecule has 4 aromatic rings. The minimum Gasteiger partial charge on any atom is -0.236 e. The van der Waals surface area contributed by atoms with Gasteiger partial charge < -0.3 is 0 Å². The first-order valence-corrected chi connectivity index (χ1v) is 7.99. The largest absolute Gasteiger partial charge is 0.236 e. The fourth-order valence-corrected chi connectivity index (χ4v) is 3.48. The third-order valence-corrected chi connectivity index (χ3v) is 4.81. The number of imidazole rings is 2. The highest BCUT2D eigenvalue weighted by atomic mass is 33.1. The number of hydrogen-bond donors (Lipinski definition) is 0. The van der Waals surface area contributed by atoms with Gasteiger partial charge in [0.05, 0.1) is 0 Å². The quantitative estimate of drug-likeness (QED) is 0.542. The Hall–Kier alpha value is -2.06. The van der Waals surface area contributed by atoms with Crippen molar-refractivity contribution in [2.24, 2.45) is 0 Å². The van der Waals surface area contributed by atoms with Crippen LogP contribution < -0.4 is 0 Å². The summed E-state index contributed by atoms with van der Waals surface area (Å²) in [5.41, 5.74) is 1.69. The molecule has 6 nitrogen and oxygen atoms in total. The van der Waals surface area contributed by atoms with Crippen LogP contribution in [0, 0.1) is 0 Å². The van der Waals surface area contributed by atoms with Gasteiger partial charge in [0.15, 0.2) is 11.3 Å². The molecule has 0 amide bonds. The van der Waals surface area contributed by atoms with Gasteiger partial charge in [-0.25, -0.2) is 19.0 Å². The van der Waals surface area contributed by atoms with E-state index in [1.807, 2.05) is 36.7 Å². The van der Waals surface area contributed by atoms with Crippen molar-refractivity contribution < 1.29 is 0 Å². The summed E-state index contributed by atoms with van der Waals surface area (Å²) in [5, 5.41) is 10.7. The third kappa shape index (κ3) is 2.12. The zero-order chi connectivity index (χ0) is 13.4. The minimum atomic E-state index is 0.845. The van der Waals surface area contributed by atoms with E-state index in [4.69, 9.17) is 0 Å². The van der Waals surface area contributed by atoms with Gasteiger partial charge in [-0.2, -0.15) is 10.2 Å². The monoisotopic (exact) mass is 300 g/mol. The lowest BCUT2D eigenvalue weighted by Crippen LogP contribution is -1.92. The van der Waals surface area contributed by atoms with E-state index in [2.05, 4.69) is 20.2 Å². The Kier molecular flexibility index (Phi) is 2.82. The molecule has 0 spiro atoms. The Balaban J connectivity index is 1.56. The molecular weight excluding hydrogens is 292 g/mol. The van der Waals surface area contributed by atoms with Gasteiger partial charge in [0, 0.05) is 24.8 Å². The molecular formula is C12H8N6S2. The first-order chi connectivity index (χ1) is 9.88. The molecule has 0 aromatic carbocycles. The fourth-order valence-electron chi connectivity index (χ4n) is 1.77. The van der Waals surface area contributed by atoms with Crippen LogP contribution in [0.1, 0.15) is 0 Å². The van der Waals surface area contributed by atoms with Gasteiger partial charge in [0.1, 0.15) is 10.1 Å². The predicted molar refractivity (Wildman–Crippen MR) is 77.7 cm³/mol. The van der Waals surface area contributed by atoms with Crippen molar-refractivity contribution in [3.05, 3.63) is 49.1 Å². The predicted octanol–water partition coefficient (Wildman–Crippen LogP) is 2.57.